The molecule has 116 valence electrons. The van der Waals surface area contributed by atoms with E-state index in [2.05, 4.69) is 48.3 Å². The van der Waals surface area contributed by atoms with Crippen molar-refractivity contribution in [2.75, 3.05) is 26.2 Å². The van der Waals surface area contributed by atoms with Crippen molar-refractivity contribution < 1.29 is 4.74 Å². The van der Waals surface area contributed by atoms with Crippen LogP contribution >= 0.6 is 0 Å². The van der Waals surface area contributed by atoms with Crippen LogP contribution in [0.2, 0.25) is 0 Å². The van der Waals surface area contributed by atoms with Crippen LogP contribution in [-0.2, 0) is 0 Å². The van der Waals surface area contributed by atoms with Crippen molar-refractivity contribution in [2.24, 2.45) is 5.92 Å². The molecule has 3 rings (SSSR count). The Balaban J connectivity index is 1.75. The maximum Gasteiger partial charge on any atom is 0.119 e. The molecule has 1 aliphatic carbocycles. The maximum atomic E-state index is 5.77. The molecule has 1 aliphatic heterocycles. The minimum atomic E-state index is 0.242. The summed E-state index contributed by atoms with van der Waals surface area (Å²) in [5, 5.41) is 3.47. The number of rotatable bonds is 5. The first-order chi connectivity index (χ1) is 10.2. The Hall–Kier alpha value is -1.06. The molecule has 0 spiro atoms. The molecule has 0 aromatic heterocycles. The van der Waals surface area contributed by atoms with Gasteiger partial charge in [0.15, 0.2) is 0 Å². The van der Waals surface area contributed by atoms with Gasteiger partial charge < -0.3 is 10.1 Å². The molecule has 21 heavy (non-hydrogen) atoms. The third-order valence-corrected chi connectivity index (χ3v) is 4.73. The van der Waals surface area contributed by atoms with Crippen LogP contribution in [0.3, 0.4) is 0 Å². The lowest BCUT2D eigenvalue weighted by atomic mass is 9.76. The summed E-state index contributed by atoms with van der Waals surface area (Å²) in [6, 6.07) is 9.45. The van der Waals surface area contributed by atoms with Gasteiger partial charge in [0, 0.05) is 32.2 Å². The zero-order valence-corrected chi connectivity index (χ0v) is 13.3. The van der Waals surface area contributed by atoms with Crippen molar-refractivity contribution in [3.63, 3.8) is 0 Å². The molecule has 1 heterocycles. The van der Waals surface area contributed by atoms with Crippen molar-refractivity contribution in [1.82, 2.24) is 10.2 Å². The lowest BCUT2D eigenvalue weighted by molar-refractivity contribution is 0.0836. The number of piperazine rings is 1. The van der Waals surface area contributed by atoms with Gasteiger partial charge in [0.25, 0.3) is 0 Å². The van der Waals surface area contributed by atoms with Crippen LogP contribution < -0.4 is 10.1 Å². The molecule has 3 heteroatoms. The highest BCUT2D eigenvalue weighted by molar-refractivity contribution is 5.30. The van der Waals surface area contributed by atoms with Crippen molar-refractivity contribution in [3.05, 3.63) is 29.8 Å². The molecule has 1 aromatic rings. The van der Waals surface area contributed by atoms with Gasteiger partial charge in [-0.15, -0.1) is 0 Å². The Kier molecular flexibility index (Phi) is 4.81. The standard InChI is InChI=1S/C18H28N2O/c1-14(2)21-17-8-6-16(7-9-17)18(15-4-3-5-15)20-12-10-19-11-13-20/h6-9,14-15,18-19H,3-5,10-13H2,1-2H3/t18-/m0/s1. The first kappa shape index (κ1) is 14.9. The molecule has 2 aliphatic rings. The van der Waals surface area contributed by atoms with Gasteiger partial charge in [-0.25, -0.2) is 0 Å². The molecule has 1 aromatic carbocycles. The predicted octanol–water partition coefficient (Wildman–Crippen LogP) is 3.22. The van der Waals surface area contributed by atoms with E-state index in [1.165, 1.54) is 37.9 Å². The molecule has 0 unspecified atom stereocenters. The monoisotopic (exact) mass is 288 g/mol. The fourth-order valence-corrected chi connectivity index (χ4v) is 3.51. The van der Waals surface area contributed by atoms with Crippen molar-refractivity contribution >= 4 is 0 Å². The van der Waals surface area contributed by atoms with E-state index in [0.29, 0.717) is 6.04 Å². The second-order valence-corrected chi connectivity index (χ2v) is 6.66. The van der Waals surface area contributed by atoms with E-state index in [1.807, 2.05) is 0 Å². The van der Waals surface area contributed by atoms with Crippen LogP contribution in [0.5, 0.6) is 5.75 Å². The highest BCUT2D eigenvalue weighted by atomic mass is 16.5. The van der Waals surface area contributed by atoms with Gasteiger partial charge >= 0.3 is 0 Å². The zero-order valence-electron chi connectivity index (χ0n) is 13.3. The van der Waals surface area contributed by atoms with E-state index in [4.69, 9.17) is 4.74 Å². The summed E-state index contributed by atoms with van der Waals surface area (Å²) in [6.45, 7) is 8.74. The summed E-state index contributed by atoms with van der Waals surface area (Å²) >= 11 is 0. The summed E-state index contributed by atoms with van der Waals surface area (Å²) in [5.41, 5.74) is 1.47. The fourth-order valence-electron chi connectivity index (χ4n) is 3.51. The van der Waals surface area contributed by atoms with Crippen LogP contribution in [0, 0.1) is 5.92 Å². The summed E-state index contributed by atoms with van der Waals surface area (Å²) in [6.07, 6.45) is 4.42. The van der Waals surface area contributed by atoms with Gasteiger partial charge in [-0.2, -0.15) is 0 Å². The van der Waals surface area contributed by atoms with Crippen LogP contribution in [0.4, 0.5) is 0 Å². The second-order valence-electron chi connectivity index (χ2n) is 6.66. The first-order valence-electron chi connectivity index (χ1n) is 8.45. The van der Waals surface area contributed by atoms with E-state index in [0.717, 1.165) is 24.8 Å². The molecule has 2 fully saturated rings. The van der Waals surface area contributed by atoms with E-state index < -0.39 is 0 Å². The summed E-state index contributed by atoms with van der Waals surface area (Å²) in [5.74, 6) is 1.83. The Labute approximate surface area is 128 Å². The molecule has 1 N–H and O–H groups in total. The van der Waals surface area contributed by atoms with Gasteiger partial charge in [0.05, 0.1) is 6.10 Å². The normalized spacial score (nSPS) is 22.0. The van der Waals surface area contributed by atoms with Crippen LogP contribution in [0.25, 0.3) is 0 Å². The maximum absolute atomic E-state index is 5.77. The lowest BCUT2D eigenvalue weighted by Crippen LogP contribution is -2.47. The fraction of sp³-hybridized carbons (Fsp3) is 0.667. The number of hydrogen-bond acceptors (Lipinski definition) is 3. The largest absolute Gasteiger partial charge is 0.491 e. The SMILES string of the molecule is CC(C)Oc1ccc([C@H](C2CCC2)N2CCNCC2)cc1. The molecular weight excluding hydrogens is 260 g/mol. The van der Waals surface area contributed by atoms with Crippen molar-refractivity contribution in [3.8, 4) is 5.75 Å². The minimum absolute atomic E-state index is 0.242. The van der Waals surface area contributed by atoms with Crippen molar-refractivity contribution in [2.45, 2.75) is 45.3 Å². The topological polar surface area (TPSA) is 24.5 Å². The third kappa shape index (κ3) is 3.58. The average Bonchev–Trinajstić information content (AvgIpc) is 2.44. The highest BCUT2D eigenvalue weighted by Crippen LogP contribution is 2.41. The summed E-state index contributed by atoms with van der Waals surface area (Å²) in [7, 11) is 0. The average molecular weight is 288 g/mol. The molecule has 0 amide bonds. The first-order valence-corrected chi connectivity index (χ1v) is 8.45. The second kappa shape index (κ2) is 6.80. The van der Waals surface area contributed by atoms with E-state index in [1.54, 1.807) is 0 Å². The minimum Gasteiger partial charge on any atom is -0.491 e. The number of ether oxygens (including phenoxy) is 1. The van der Waals surface area contributed by atoms with E-state index >= 15 is 0 Å². The Morgan fingerprint density at radius 3 is 2.29 bits per heavy atom. The van der Waals surface area contributed by atoms with Crippen LogP contribution in [-0.4, -0.2) is 37.2 Å². The number of hydrogen-bond donors (Lipinski definition) is 1. The molecular formula is C18H28N2O. The molecule has 1 saturated carbocycles. The molecule has 0 radical (unpaired) electrons. The van der Waals surface area contributed by atoms with Gasteiger partial charge in [-0.3, -0.25) is 4.90 Å². The molecule has 1 saturated heterocycles. The number of benzene rings is 1. The molecule has 0 bridgehead atoms. The van der Waals surface area contributed by atoms with E-state index in [9.17, 15) is 0 Å². The van der Waals surface area contributed by atoms with Gasteiger partial charge in [-0.05, 0) is 50.3 Å². The van der Waals surface area contributed by atoms with Crippen LogP contribution in [0.1, 0.15) is 44.7 Å². The Morgan fingerprint density at radius 2 is 1.76 bits per heavy atom. The number of nitrogens with one attached hydrogen (secondary N) is 1. The van der Waals surface area contributed by atoms with E-state index in [-0.39, 0.29) is 6.10 Å². The van der Waals surface area contributed by atoms with Gasteiger partial charge in [-0.1, -0.05) is 18.6 Å². The zero-order chi connectivity index (χ0) is 14.7. The smallest absolute Gasteiger partial charge is 0.119 e. The molecule has 1 atom stereocenters. The summed E-state index contributed by atoms with van der Waals surface area (Å²) in [4.78, 5) is 2.68. The van der Waals surface area contributed by atoms with Gasteiger partial charge in [0.2, 0.25) is 0 Å². The summed E-state index contributed by atoms with van der Waals surface area (Å²) < 4.78 is 5.77. The Bertz CT molecular complexity index is 433. The highest BCUT2D eigenvalue weighted by Gasteiger charge is 2.33. The predicted molar refractivity (Wildman–Crippen MR) is 86.7 cm³/mol. The molecule has 3 nitrogen and oxygen atoms in total. The van der Waals surface area contributed by atoms with Crippen molar-refractivity contribution in [1.29, 1.82) is 0 Å². The quantitative estimate of drug-likeness (QED) is 0.900. The van der Waals surface area contributed by atoms with Gasteiger partial charge in [0.1, 0.15) is 5.75 Å². The number of nitrogens with zero attached hydrogens (tertiary/aromatic N) is 1. The Morgan fingerprint density at radius 1 is 1.10 bits per heavy atom. The third-order valence-electron chi connectivity index (χ3n) is 4.73. The van der Waals surface area contributed by atoms with Crippen LogP contribution in [0.15, 0.2) is 24.3 Å². The lowest BCUT2D eigenvalue weighted by Gasteiger charge is -2.43.